The van der Waals surface area contributed by atoms with Gasteiger partial charge in [0.15, 0.2) is 0 Å². The highest BCUT2D eigenvalue weighted by atomic mass is 79.9. The van der Waals surface area contributed by atoms with Crippen LogP contribution in [0.5, 0.6) is 5.75 Å². The number of benzene rings is 1. The standard InChI is InChI=1S/C14H17BrF2N2O3/c15-9-1-3-11(22-14(16)17)8(5-9)7-19-13(20)12-4-2-10(6-18)21-12/h1,3,5,10,12,14H,2,4,6-7,18H2,(H,19,20)/t10-,12+/m1/s1. The van der Waals surface area contributed by atoms with E-state index in [9.17, 15) is 13.6 Å². The van der Waals surface area contributed by atoms with Gasteiger partial charge in [-0.3, -0.25) is 4.79 Å². The van der Waals surface area contributed by atoms with Crippen molar-refractivity contribution in [2.45, 2.75) is 38.2 Å². The van der Waals surface area contributed by atoms with Gasteiger partial charge in [-0.25, -0.2) is 0 Å². The maximum Gasteiger partial charge on any atom is 0.387 e. The molecule has 1 saturated heterocycles. The highest BCUT2D eigenvalue weighted by Gasteiger charge is 2.29. The molecule has 2 atom stereocenters. The van der Waals surface area contributed by atoms with Crippen molar-refractivity contribution in [3.05, 3.63) is 28.2 Å². The van der Waals surface area contributed by atoms with Crippen LogP contribution in [0.3, 0.4) is 0 Å². The average Bonchev–Trinajstić information content (AvgIpc) is 2.95. The Balaban J connectivity index is 1.96. The Labute approximate surface area is 135 Å². The van der Waals surface area contributed by atoms with Crippen molar-refractivity contribution in [1.82, 2.24) is 5.32 Å². The molecular formula is C14H17BrF2N2O3. The molecule has 8 heteroatoms. The van der Waals surface area contributed by atoms with Gasteiger partial charge in [0.2, 0.25) is 5.91 Å². The molecule has 0 aromatic heterocycles. The minimum atomic E-state index is -2.92. The molecule has 2 rings (SSSR count). The molecule has 0 aliphatic carbocycles. The number of nitrogens with two attached hydrogens (primary N) is 1. The lowest BCUT2D eigenvalue weighted by Crippen LogP contribution is -2.35. The number of amides is 1. The van der Waals surface area contributed by atoms with E-state index in [0.717, 1.165) is 6.42 Å². The molecule has 0 saturated carbocycles. The predicted molar refractivity (Wildman–Crippen MR) is 79.6 cm³/mol. The molecule has 1 fully saturated rings. The predicted octanol–water partition coefficient (Wildman–Crippen LogP) is 2.17. The van der Waals surface area contributed by atoms with Crippen molar-refractivity contribution in [3.63, 3.8) is 0 Å². The molecule has 1 aromatic carbocycles. The fourth-order valence-corrected chi connectivity index (χ4v) is 2.67. The van der Waals surface area contributed by atoms with E-state index >= 15 is 0 Å². The first-order valence-electron chi connectivity index (χ1n) is 6.86. The van der Waals surface area contributed by atoms with Gasteiger partial charge in [0.25, 0.3) is 0 Å². The number of hydrogen-bond acceptors (Lipinski definition) is 4. The largest absolute Gasteiger partial charge is 0.434 e. The summed E-state index contributed by atoms with van der Waals surface area (Å²) in [5.74, 6) is -0.246. The summed E-state index contributed by atoms with van der Waals surface area (Å²) < 4.78 is 35.4. The van der Waals surface area contributed by atoms with Crippen molar-refractivity contribution in [2.24, 2.45) is 5.73 Å². The summed E-state index contributed by atoms with van der Waals surface area (Å²) >= 11 is 3.26. The third kappa shape index (κ3) is 4.62. The maximum absolute atomic E-state index is 12.4. The van der Waals surface area contributed by atoms with E-state index in [-0.39, 0.29) is 24.3 Å². The lowest BCUT2D eigenvalue weighted by atomic mass is 10.1. The van der Waals surface area contributed by atoms with Gasteiger partial charge in [0.1, 0.15) is 11.9 Å². The zero-order valence-electron chi connectivity index (χ0n) is 11.7. The molecular weight excluding hydrogens is 362 g/mol. The normalized spacial score (nSPS) is 21.1. The molecule has 0 bridgehead atoms. The lowest BCUT2D eigenvalue weighted by molar-refractivity contribution is -0.132. The van der Waals surface area contributed by atoms with Crippen LogP contribution in [0.4, 0.5) is 8.78 Å². The second-order valence-electron chi connectivity index (χ2n) is 4.91. The quantitative estimate of drug-likeness (QED) is 0.795. The van der Waals surface area contributed by atoms with Gasteiger partial charge in [-0.05, 0) is 31.0 Å². The number of ether oxygens (including phenoxy) is 2. The topological polar surface area (TPSA) is 73.6 Å². The van der Waals surface area contributed by atoms with Gasteiger partial charge >= 0.3 is 6.61 Å². The average molecular weight is 379 g/mol. The first kappa shape index (κ1) is 17.1. The number of alkyl halides is 2. The number of halogens is 3. The van der Waals surface area contributed by atoms with E-state index in [1.54, 1.807) is 12.1 Å². The Bertz CT molecular complexity index is 531. The van der Waals surface area contributed by atoms with Crippen LogP contribution in [0.25, 0.3) is 0 Å². The molecule has 3 N–H and O–H groups in total. The zero-order chi connectivity index (χ0) is 16.1. The van der Waals surface area contributed by atoms with E-state index < -0.39 is 12.7 Å². The van der Waals surface area contributed by atoms with Gasteiger partial charge < -0.3 is 20.5 Å². The van der Waals surface area contributed by atoms with Crippen LogP contribution in [0, 0.1) is 0 Å². The van der Waals surface area contributed by atoms with E-state index in [1.165, 1.54) is 6.07 Å². The molecule has 0 radical (unpaired) electrons. The number of carbonyl (C=O) groups is 1. The minimum absolute atomic E-state index is 0.0330. The third-order valence-electron chi connectivity index (χ3n) is 3.35. The highest BCUT2D eigenvalue weighted by Crippen LogP contribution is 2.25. The fourth-order valence-electron chi connectivity index (χ4n) is 2.27. The molecule has 0 unspecified atom stereocenters. The summed E-state index contributed by atoms with van der Waals surface area (Å²) in [6.07, 6.45) is 0.706. The van der Waals surface area contributed by atoms with E-state index in [2.05, 4.69) is 26.0 Å². The van der Waals surface area contributed by atoms with Crippen LogP contribution < -0.4 is 15.8 Å². The number of carbonyl (C=O) groups excluding carboxylic acids is 1. The molecule has 1 amide bonds. The van der Waals surface area contributed by atoms with E-state index in [0.29, 0.717) is 23.0 Å². The highest BCUT2D eigenvalue weighted by molar-refractivity contribution is 9.10. The van der Waals surface area contributed by atoms with Crippen molar-refractivity contribution in [2.75, 3.05) is 6.54 Å². The fraction of sp³-hybridized carbons (Fsp3) is 0.500. The molecule has 5 nitrogen and oxygen atoms in total. The van der Waals surface area contributed by atoms with Crippen LogP contribution in [0.1, 0.15) is 18.4 Å². The first-order valence-corrected chi connectivity index (χ1v) is 7.65. The van der Waals surface area contributed by atoms with Crippen LogP contribution in [0.2, 0.25) is 0 Å². The first-order chi connectivity index (χ1) is 10.5. The molecule has 1 aliphatic heterocycles. The van der Waals surface area contributed by atoms with Crippen molar-refractivity contribution in [1.29, 1.82) is 0 Å². The maximum atomic E-state index is 12.4. The second kappa shape index (κ2) is 7.85. The molecule has 122 valence electrons. The number of nitrogens with one attached hydrogen (secondary N) is 1. The Morgan fingerprint density at radius 1 is 1.50 bits per heavy atom. The molecule has 1 aromatic rings. The summed E-state index contributed by atoms with van der Waals surface area (Å²) in [5, 5.41) is 2.68. The van der Waals surface area contributed by atoms with Crippen molar-refractivity contribution in [3.8, 4) is 5.75 Å². The number of hydrogen-bond donors (Lipinski definition) is 2. The summed E-state index contributed by atoms with van der Waals surface area (Å²) in [6, 6.07) is 4.64. The molecule has 0 spiro atoms. The van der Waals surface area contributed by atoms with Crippen molar-refractivity contribution < 1.29 is 23.0 Å². The minimum Gasteiger partial charge on any atom is -0.434 e. The van der Waals surface area contributed by atoms with Gasteiger partial charge in [-0.1, -0.05) is 15.9 Å². The Morgan fingerprint density at radius 3 is 2.91 bits per heavy atom. The summed E-state index contributed by atoms with van der Waals surface area (Å²) in [5.41, 5.74) is 5.95. The third-order valence-corrected chi connectivity index (χ3v) is 3.85. The monoisotopic (exact) mass is 378 g/mol. The zero-order valence-corrected chi connectivity index (χ0v) is 13.3. The van der Waals surface area contributed by atoms with Gasteiger partial charge in [0, 0.05) is 23.1 Å². The Kier molecular flexibility index (Phi) is 6.10. The molecule has 1 heterocycles. The smallest absolute Gasteiger partial charge is 0.387 e. The SMILES string of the molecule is NC[C@H]1CC[C@@H](C(=O)NCc2cc(Br)ccc2OC(F)F)O1. The van der Waals surface area contributed by atoms with Gasteiger partial charge in [0.05, 0.1) is 6.10 Å². The van der Waals surface area contributed by atoms with E-state index in [1.807, 2.05) is 0 Å². The lowest BCUT2D eigenvalue weighted by Gasteiger charge is -2.15. The number of rotatable bonds is 6. The summed E-state index contributed by atoms with van der Waals surface area (Å²) in [4.78, 5) is 12.0. The van der Waals surface area contributed by atoms with Gasteiger partial charge in [-0.2, -0.15) is 8.78 Å². The van der Waals surface area contributed by atoms with Crippen LogP contribution in [-0.2, 0) is 16.1 Å². The Morgan fingerprint density at radius 2 is 2.27 bits per heavy atom. The Hall–Kier alpha value is -1.25. The van der Waals surface area contributed by atoms with Crippen LogP contribution >= 0.6 is 15.9 Å². The molecule has 1 aliphatic rings. The summed E-state index contributed by atoms with van der Waals surface area (Å²) in [7, 11) is 0. The van der Waals surface area contributed by atoms with Crippen LogP contribution in [0.15, 0.2) is 22.7 Å². The second-order valence-corrected chi connectivity index (χ2v) is 5.82. The van der Waals surface area contributed by atoms with Crippen LogP contribution in [-0.4, -0.2) is 31.3 Å². The molecule has 22 heavy (non-hydrogen) atoms. The van der Waals surface area contributed by atoms with Gasteiger partial charge in [-0.15, -0.1) is 0 Å². The van der Waals surface area contributed by atoms with E-state index in [4.69, 9.17) is 10.5 Å². The van der Waals surface area contributed by atoms with Crippen molar-refractivity contribution >= 4 is 21.8 Å². The summed E-state index contributed by atoms with van der Waals surface area (Å²) in [6.45, 7) is -2.46.